The van der Waals surface area contributed by atoms with Crippen LogP contribution in [0, 0.1) is 16.0 Å². The SMILES string of the molecule is CC(C)Cc1ccc([C@@H](C)NC(=O)COC(=O)c2ccc([N+](=O)[O-])o2)cc1. The Labute approximate surface area is 156 Å². The molecule has 27 heavy (non-hydrogen) atoms. The largest absolute Gasteiger partial charge is 0.450 e. The molecule has 1 aromatic carbocycles. The summed E-state index contributed by atoms with van der Waals surface area (Å²) in [4.78, 5) is 33.5. The van der Waals surface area contributed by atoms with Crippen LogP contribution in [-0.4, -0.2) is 23.4 Å². The van der Waals surface area contributed by atoms with Gasteiger partial charge in [-0.05, 0) is 36.5 Å². The second kappa shape index (κ2) is 8.98. The molecule has 0 aliphatic carbocycles. The minimum atomic E-state index is -0.941. The summed E-state index contributed by atoms with van der Waals surface area (Å²) in [6.45, 7) is 5.62. The molecule has 8 heteroatoms. The lowest BCUT2D eigenvalue weighted by Crippen LogP contribution is -2.31. The number of furan rings is 1. The quantitative estimate of drug-likeness (QED) is 0.430. The van der Waals surface area contributed by atoms with Gasteiger partial charge in [0, 0.05) is 0 Å². The van der Waals surface area contributed by atoms with E-state index in [2.05, 4.69) is 19.2 Å². The number of hydrogen-bond acceptors (Lipinski definition) is 6. The Hall–Kier alpha value is -3.16. The topological polar surface area (TPSA) is 112 Å². The summed E-state index contributed by atoms with van der Waals surface area (Å²) in [7, 11) is 0. The zero-order chi connectivity index (χ0) is 20.0. The molecule has 0 fully saturated rings. The van der Waals surface area contributed by atoms with E-state index in [0.29, 0.717) is 5.92 Å². The molecule has 144 valence electrons. The number of benzene rings is 1. The molecule has 0 aliphatic rings. The molecule has 1 amide bonds. The highest BCUT2D eigenvalue weighted by molar-refractivity contribution is 5.89. The maximum absolute atomic E-state index is 12.0. The van der Waals surface area contributed by atoms with Gasteiger partial charge in [0.15, 0.2) is 6.61 Å². The van der Waals surface area contributed by atoms with E-state index in [1.807, 2.05) is 31.2 Å². The lowest BCUT2D eigenvalue weighted by Gasteiger charge is -2.15. The third kappa shape index (κ3) is 5.95. The summed E-state index contributed by atoms with van der Waals surface area (Å²) in [5.74, 6) is -1.76. The maximum atomic E-state index is 12.0. The first kappa shape index (κ1) is 20.2. The van der Waals surface area contributed by atoms with Crippen LogP contribution in [0.3, 0.4) is 0 Å². The molecule has 2 rings (SSSR count). The molecule has 0 saturated carbocycles. The first-order valence-electron chi connectivity index (χ1n) is 8.55. The van der Waals surface area contributed by atoms with Gasteiger partial charge in [-0.3, -0.25) is 14.9 Å². The number of esters is 1. The maximum Gasteiger partial charge on any atom is 0.433 e. The van der Waals surface area contributed by atoms with Gasteiger partial charge in [0.2, 0.25) is 5.76 Å². The fraction of sp³-hybridized carbons (Fsp3) is 0.368. The molecule has 0 spiro atoms. The van der Waals surface area contributed by atoms with Crippen LogP contribution in [0.4, 0.5) is 5.88 Å². The Morgan fingerprint density at radius 1 is 1.15 bits per heavy atom. The molecular formula is C19H22N2O6. The van der Waals surface area contributed by atoms with Crippen LogP contribution in [0.2, 0.25) is 0 Å². The van der Waals surface area contributed by atoms with E-state index >= 15 is 0 Å². The summed E-state index contributed by atoms with van der Waals surface area (Å²) in [6.07, 6.45) is 0.988. The van der Waals surface area contributed by atoms with Crippen LogP contribution in [0.15, 0.2) is 40.8 Å². The molecule has 0 radical (unpaired) electrons. The average molecular weight is 374 g/mol. The smallest absolute Gasteiger partial charge is 0.433 e. The van der Waals surface area contributed by atoms with Gasteiger partial charge in [-0.2, -0.15) is 0 Å². The molecule has 2 aromatic rings. The second-order valence-electron chi connectivity index (χ2n) is 6.60. The Kier molecular flexibility index (Phi) is 6.70. The molecule has 1 heterocycles. The van der Waals surface area contributed by atoms with E-state index < -0.39 is 29.3 Å². The van der Waals surface area contributed by atoms with Crippen molar-refractivity contribution in [2.75, 3.05) is 6.61 Å². The Bertz CT molecular complexity index is 810. The molecule has 0 bridgehead atoms. The Morgan fingerprint density at radius 2 is 1.81 bits per heavy atom. The normalized spacial score (nSPS) is 11.9. The van der Waals surface area contributed by atoms with Crippen LogP contribution in [0.1, 0.15) is 48.5 Å². The van der Waals surface area contributed by atoms with Crippen LogP contribution < -0.4 is 5.32 Å². The molecule has 8 nitrogen and oxygen atoms in total. The standard InChI is InChI=1S/C19H22N2O6/c1-12(2)10-14-4-6-15(7-5-14)13(3)20-17(22)11-26-19(23)16-8-9-18(27-16)21(24)25/h4-9,12-13H,10-11H2,1-3H3,(H,20,22)/t13-/m1/s1. The molecule has 0 saturated heterocycles. The predicted molar refractivity (Wildman–Crippen MR) is 97.2 cm³/mol. The van der Waals surface area contributed by atoms with E-state index in [4.69, 9.17) is 9.15 Å². The van der Waals surface area contributed by atoms with Gasteiger partial charge in [-0.1, -0.05) is 38.1 Å². The van der Waals surface area contributed by atoms with E-state index in [0.717, 1.165) is 24.1 Å². The number of ether oxygens (including phenoxy) is 1. The number of nitro groups is 1. The highest BCUT2D eigenvalue weighted by Crippen LogP contribution is 2.17. The fourth-order valence-electron chi connectivity index (χ4n) is 2.52. The minimum absolute atomic E-state index is 0.256. The third-order valence-corrected chi connectivity index (χ3v) is 3.81. The van der Waals surface area contributed by atoms with E-state index in [-0.39, 0.29) is 11.8 Å². The number of nitrogens with one attached hydrogen (secondary N) is 1. The van der Waals surface area contributed by atoms with Crippen molar-refractivity contribution in [1.82, 2.24) is 5.32 Å². The number of carbonyl (C=O) groups excluding carboxylic acids is 2. The predicted octanol–water partition coefficient (Wildman–Crippen LogP) is 3.42. The lowest BCUT2D eigenvalue weighted by molar-refractivity contribution is -0.402. The van der Waals surface area contributed by atoms with Crippen molar-refractivity contribution < 1.29 is 23.7 Å². The number of rotatable bonds is 8. The van der Waals surface area contributed by atoms with Gasteiger partial charge in [-0.25, -0.2) is 4.79 Å². The van der Waals surface area contributed by atoms with Crippen LogP contribution >= 0.6 is 0 Å². The molecule has 1 atom stereocenters. The highest BCUT2D eigenvalue weighted by atomic mass is 16.7. The number of carbonyl (C=O) groups is 2. The van der Waals surface area contributed by atoms with E-state index in [9.17, 15) is 19.7 Å². The van der Waals surface area contributed by atoms with Gasteiger partial charge in [0.05, 0.1) is 12.1 Å². The van der Waals surface area contributed by atoms with Crippen molar-refractivity contribution in [2.45, 2.75) is 33.2 Å². The molecule has 0 aliphatic heterocycles. The van der Waals surface area contributed by atoms with E-state index in [1.165, 1.54) is 5.56 Å². The van der Waals surface area contributed by atoms with Crippen LogP contribution in [-0.2, 0) is 16.0 Å². The number of hydrogen-bond donors (Lipinski definition) is 1. The van der Waals surface area contributed by atoms with Crippen molar-refractivity contribution in [3.8, 4) is 0 Å². The Balaban J connectivity index is 1.83. The third-order valence-electron chi connectivity index (χ3n) is 3.81. The van der Waals surface area contributed by atoms with Gasteiger partial charge in [0.25, 0.3) is 5.91 Å². The van der Waals surface area contributed by atoms with Crippen molar-refractivity contribution >= 4 is 17.8 Å². The first-order chi connectivity index (χ1) is 12.8. The molecule has 0 unspecified atom stereocenters. The van der Waals surface area contributed by atoms with Crippen molar-refractivity contribution in [3.05, 3.63) is 63.4 Å². The summed E-state index contributed by atoms with van der Waals surface area (Å²) in [5, 5.41) is 13.3. The zero-order valence-electron chi connectivity index (χ0n) is 15.4. The monoisotopic (exact) mass is 374 g/mol. The van der Waals surface area contributed by atoms with Crippen molar-refractivity contribution in [2.24, 2.45) is 5.92 Å². The summed E-state index contributed by atoms with van der Waals surface area (Å²) >= 11 is 0. The highest BCUT2D eigenvalue weighted by Gasteiger charge is 2.19. The van der Waals surface area contributed by atoms with Gasteiger partial charge >= 0.3 is 11.9 Å². The number of nitrogens with zero attached hydrogens (tertiary/aromatic N) is 1. The summed E-state index contributed by atoms with van der Waals surface area (Å²) in [6, 6.07) is 9.88. The van der Waals surface area contributed by atoms with Gasteiger partial charge in [-0.15, -0.1) is 0 Å². The number of amides is 1. The molecular weight excluding hydrogens is 352 g/mol. The summed E-state index contributed by atoms with van der Waals surface area (Å²) in [5.41, 5.74) is 2.16. The first-order valence-corrected chi connectivity index (χ1v) is 8.55. The average Bonchev–Trinajstić information content (AvgIpc) is 3.10. The van der Waals surface area contributed by atoms with Crippen molar-refractivity contribution in [1.29, 1.82) is 0 Å². The molecule has 1 aromatic heterocycles. The van der Waals surface area contributed by atoms with E-state index in [1.54, 1.807) is 0 Å². The Morgan fingerprint density at radius 3 is 2.37 bits per heavy atom. The van der Waals surface area contributed by atoms with Crippen LogP contribution in [0.25, 0.3) is 0 Å². The fourth-order valence-corrected chi connectivity index (χ4v) is 2.52. The molecule has 1 N–H and O–H groups in total. The lowest BCUT2D eigenvalue weighted by atomic mass is 10.00. The van der Waals surface area contributed by atoms with Crippen LogP contribution in [0.5, 0.6) is 0 Å². The zero-order valence-corrected chi connectivity index (χ0v) is 15.4. The summed E-state index contributed by atoms with van der Waals surface area (Å²) < 4.78 is 9.54. The van der Waals surface area contributed by atoms with Gasteiger partial charge in [0.1, 0.15) is 4.92 Å². The minimum Gasteiger partial charge on any atom is -0.450 e. The van der Waals surface area contributed by atoms with Crippen molar-refractivity contribution in [3.63, 3.8) is 0 Å². The van der Waals surface area contributed by atoms with Gasteiger partial charge < -0.3 is 14.5 Å². The second-order valence-corrected chi connectivity index (χ2v) is 6.60.